The van der Waals surface area contributed by atoms with Gasteiger partial charge in [0.25, 0.3) is 0 Å². The van der Waals surface area contributed by atoms with E-state index in [1.54, 1.807) is 0 Å². The van der Waals surface area contributed by atoms with Crippen molar-refractivity contribution in [2.45, 2.75) is 13.8 Å². The van der Waals surface area contributed by atoms with Crippen molar-refractivity contribution < 1.29 is 0 Å². The highest BCUT2D eigenvalue weighted by Crippen LogP contribution is 2.39. The summed E-state index contributed by atoms with van der Waals surface area (Å²) in [5, 5.41) is 12.9. The van der Waals surface area contributed by atoms with Crippen LogP contribution in [0.5, 0.6) is 0 Å². The maximum absolute atomic E-state index is 8.14. The van der Waals surface area contributed by atoms with Crippen LogP contribution in [-0.2, 0) is 0 Å². The molecule has 47 heavy (non-hydrogen) atoms. The minimum atomic E-state index is 0.842. The van der Waals surface area contributed by atoms with Gasteiger partial charge in [0.2, 0.25) is 0 Å². The fraction of sp³-hybridized carbons (Fsp3) is 0.0444. The molecule has 0 aliphatic heterocycles. The number of para-hydroxylation sites is 1. The monoisotopic (exact) mass is 606 g/mol. The molecular formula is C45H38N2. The molecule has 0 spiro atoms. The van der Waals surface area contributed by atoms with Crippen molar-refractivity contribution in [2.24, 2.45) is 0 Å². The average Bonchev–Trinajstić information content (AvgIpc) is 3.48. The van der Waals surface area contributed by atoms with Crippen LogP contribution in [0.4, 0.5) is 0 Å². The Morgan fingerprint density at radius 3 is 1.96 bits per heavy atom. The van der Waals surface area contributed by atoms with Crippen molar-refractivity contribution in [1.82, 2.24) is 4.57 Å². The van der Waals surface area contributed by atoms with E-state index in [1.165, 1.54) is 55.7 Å². The van der Waals surface area contributed by atoms with Crippen LogP contribution < -0.4 is 0 Å². The second-order valence-electron chi connectivity index (χ2n) is 11.5. The molecule has 7 aromatic rings. The Balaban J connectivity index is 0.00000190. The van der Waals surface area contributed by atoms with E-state index in [9.17, 15) is 0 Å². The summed E-state index contributed by atoms with van der Waals surface area (Å²) in [6.07, 6.45) is 5.46. The molecule has 2 nitrogen and oxygen atoms in total. The third kappa shape index (κ3) is 5.90. The van der Waals surface area contributed by atoms with Gasteiger partial charge in [0.15, 0.2) is 0 Å². The Kier molecular flexibility index (Phi) is 8.95. The standard InChI is InChI=1S/C43H34N2.C2H4/c1-4-29(2)30(3)24-37(28-44)34-18-21-39-36(26-34)20-23-41-40-22-19-35(27-42(40)45(43(39)41)38-16-9-6-10-17-38)33-15-11-14-32(25-33)31-12-7-5-8-13-31;1-2/h4-28,44H,3H2,1-2H3;1-2H2/b29-4+,37-24+,44-28?;. The summed E-state index contributed by atoms with van der Waals surface area (Å²) in [5.41, 5.74) is 12.2. The van der Waals surface area contributed by atoms with Crippen LogP contribution in [0.1, 0.15) is 19.4 Å². The fourth-order valence-electron chi connectivity index (χ4n) is 6.25. The summed E-state index contributed by atoms with van der Waals surface area (Å²) in [7, 11) is 0. The molecule has 1 heterocycles. The first-order valence-corrected chi connectivity index (χ1v) is 15.8. The first-order chi connectivity index (χ1) is 23.1. The minimum absolute atomic E-state index is 0.842. The zero-order valence-electron chi connectivity index (χ0n) is 27.0. The van der Waals surface area contributed by atoms with Gasteiger partial charge in [-0.25, -0.2) is 0 Å². The molecule has 228 valence electrons. The van der Waals surface area contributed by atoms with Crippen LogP contribution in [0.3, 0.4) is 0 Å². The molecule has 0 saturated carbocycles. The topological polar surface area (TPSA) is 28.8 Å². The van der Waals surface area contributed by atoms with Crippen LogP contribution in [0.2, 0.25) is 0 Å². The number of fused-ring (bicyclic) bond motifs is 5. The van der Waals surface area contributed by atoms with Gasteiger partial charge >= 0.3 is 0 Å². The van der Waals surface area contributed by atoms with Gasteiger partial charge in [-0.1, -0.05) is 116 Å². The minimum Gasteiger partial charge on any atom is -0.309 e. The predicted molar refractivity (Wildman–Crippen MR) is 206 cm³/mol. The third-order valence-electron chi connectivity index (χ3n) is 8.82. The van der Waals surface area contributed by atoms with Gasteiger partial charge in [0, 0.05) is 28.1 Å². The summed E-state index contributed by atoms with van der Waals surface area (Å²) in [6, 6.07) is 47.8. The highest BCUT2D eigenvalue weighted by Gasteiger charge is 2.17. The van der Waals surface area contributed by atoms with Crippen molar-refractivity contribution in [3.8, 4) is 27.9 Å². The van der Waals surface area contributed by atoms with E-state index in [0.717, 1.165) is 33.4 Å². The van der Waals surface area contributed by atoms with Crippen molar-refractivity contribution in [3.05, 3.63) is 182 Å². The highest BCUT2D eigenvalue weighted by molar-refractivity contribution is 6.20. The fourth-order valence-corrected chi connectivity index (χ4v) is 6.25. The van der Waals surface area contributed by atoms with Gasteiger partial charge in [0.1, 0.15) is 0 Å². The van der Waals surface area contributed by atoms with Crippen molar-refractivity contribution in [3.63, 3.8) is 0 Å². The van der Waals surface area contributed by atoms with Crippen LogP contribution >= 0.6 is 0 Å². The molecule has 0 atom stereocenters. The number of allylic oxidation sites excluding steroid dienone is 5. The molecule has 0 unspecified atom stereocenters. The van der Waals surface area contributed by atoms with Crippen molar-refractivity contribution in [1.29, 1.82) is 5.41 Å². The molecule has 1 aromatic heterocycles. The molecule has 7 rings (SSSR count). The summed E-state index contributed by atoms with van der Waals surface area (Å²) < 4.78 is 2.40. The number of rotatable bonds is 7. The lowest BCUT2D eigenvalue weighted by Gasteiger charge is -2.12. The second kappa shape index (κ2) is 13.6. The molecule has 0 aliphatic rings. The van der Waals surface area contributed by atoms with Crippen LogP contribution in [0.25, 0.3) is 66.1 Å². The lowest BCUT2D eigenvalue weighted by molar-refractivity contribution is 1.19. The first kappa shape index (κ1) is 31.0. The predicted octanol–water partition coefficient (Wildman–Crippen LogP) is 12.6. The molecular weight excluding hydrogens is 569 g/mol. The summed E-state index contributed by atoms with van der Waals surface area (Å²) >= 11 is 0. The highest BCUT2D eigenvalue weighted by atomic mass is 15.0. The third-order valence-corrected chi connectivity index (χ3v) is 8.82. The van der Waals surface area contributed by atoms with E-state index >= 15 is 0 Å². The largest absolute Gasteiger partial charge is 0.309 e. The smallest absolute Gasteiger partial charge is 0.0619 e. The molecule has 2 heteroatoms. The zero-order valence-corrected chi connectivity index (χ0v) is 27.0. The lowest BCUT2D eigenvalue weighted by Crippen LogP contribution is -1.95. The van der Waals surface area contributed by atoms with E-state index in [1.807, 2.05) is 26.0 Å². The van der Waals surface area contributed by atoms with E-state index in [0.29, 0.717) is 0 Å². The van der Waals surface area contributed by atoms with Crippen LogP contribution in [-0.4, -0.2) is 10.8 Å². The number of hydrogen-bond acceptors (Lipinski definition) is 1. The second-order valence-corrected chi connectivity index (χ2v) is 11.5. The number of hydrogen-bond donors (Lipinski definition) is 1. The maximum Gasteiger partial charge on any atom is 0.0619 e. The van der Waals surface area contributed by atoms with Crippen molar-refractivity contribution >= 4 is 44.4 Å². The molecule has 0 saturated heterocycles. The lowest BCUT2D eigenvalue weighted by atomic mass is 9.97. The van der Waals surface area contributed by atoms with Crippen molar-refractivity contribution in [2.75, 3.05) is 0 Å². The van der Waals surface area contributed by atoms with Gasteiger partial charge < -0.3 is 9.98 Å². The number of benzene rings is 6. The number of aromatic nitrogens is 1. The zero-order chi connectivity index (χ0) is 32.9. The molecule has 0 amide bonds. The van der Waals surface area contributed by atoms with Gasteiger partial charge in [-0.15, -0.1) is 13.2 Å². The Hall–Kier alpha value is -5.99. The van der Waals surface area contributed by atoms with E-state index in [4.69, 9.17) is 5.41 Å². The molecule has 0 radical (unpaired) electrons. The summed E-state index contributed by atoms with van der Waals surface area (Å²) in [4.78, 5) is 0. The Morgan fingerprint density at radius 2 is 1.26 bits per heavy atom. The van der Waals surface area contributed by atoms with Gasteiger partial charge in [-0.05, 0) is 100 Å². The SMILES string of the molecule is C=C.C=C(/C=C(\C=N)c1ccc2c(ccc3c4ccc(-c5cccc(-c6ccccc6)c5)cc4n(-c4ccccc4)c23)c1)/C(C)=C/C. The summed E-state index contributed by atoms with van der Waals surface area (Å²) in [5.74, 6) is 0. The average molecular weight is 607 g/mol. The van der Waals surface area contributed by atoms with Gasteiger partial charge in [0.05, 0.1) is 11.0 Å². The summed E-state index contributed by atoms with van der Waals surface area (Å²) in [6.45, 7) is 14.3. The number of nitrogens with one attached hydrogen (secondary N) is 1. The van der Waals surface area contributed by atoms with E-state index in [2.05, 4.69) is 158 Å². The van der Waals surface area contributed by atoms with Crippen LogP contribution in [0, 0.1) is 5.41 Å². The van der Waals surface area contributed by atoms with E-state index < -0.39 is 0 Å². The Bertz CT molecular complexity index is 2320. The first-order valence-electron chi connectivity index (χ1n) is 15.8. The molecule has 0 fully saturated rings. The molecule has 0 aliphatic carbocycles. The quantitative estimate of drug-likeness (QED) is 0.106. The molecule has 6 aromatic carbocycles. The van der Waals surface area contributed by atoms with Gasteiger partial charge in [-0.3, -0.25) is 0 Å². The molecule has 0 bridgehead atoms. The van der Waals surface area contributed by atoms with Gasteiger partial charge in [-0.2, -0.15) is 0 Å². The Labute approximate surface area is 277 Å². The van der Waals surface area contributed by atoms with Crippen LogP contribution in [0.15, 0.2) is 176 Å². The number of nitrogens with zero attached hydrogens (tertiary/aromatic N) is 1. The maximum atomic E-state index is 8.14. The normalized spacial score (nSPS) is 11.8. The molecule has 1 N–H and O–H groups in total. The van der Waals surface area contributed by atoms with E-state index in [-0.39, 0.29) is 0 Å². The Morgan fingerprint density at radius 1 is 0.638 bits per heavy atom.